The number of rotatable bonds is 2. The van der Waals surface area contributed by atoms with Crippen molar-refractivity contribution in [1.29, 1.82) is 0 Å². The molecule has 0 saturated heterocycles. The number of halogens is 1. The number of hydrogen-bond acceptors (Lipinski definition) is 3. The van der Waals surface area contributed by atoms with Gasteiger partial charge in [0.05, 0.1) is 27.0 Å². The lowest BCUT2D eigenvalue weighted by atomic mass is 9.78. The van der Waals surface area contributed by atoms with Gasteiger partial charge in [0.25, 0.3) is 5.56 Å². The van der Waals surface area contributed by atoms with Crippen LogP contribution in [0.15, 0.2) is 41.2 Å². The minimum Gasteiger partial charge on any atom is -0.303 e. The molecule has 148 valence electrons. The maximum absolute atomic E-state index is 12.7. The van der Waals surface area contributed by atoms with Crippen LogP contribution in [0.3, 0.4) is 0 Å². The summed E-state index contributed by atoms with van der Waals surface area (Å²) in [6.45, 7) is 4.23. The van der Waals surface area contributed by atoms with E-state index in [1.807, 2.05) is 12.1 Å². The molecule has 0 spiro atoms. The van der Waals surface area contributed by atoms with Gasteiger partial charge in [-0.25, -0.2) is 0 Å². The number of nitrogens with zero attached hydrogens (tertiary/aromatic N) is 2. The highest BCUT2D eigenvalue weighted by molar-refractivity contribution is 6.35. The molecule has 0 atom stereocenters. The van der Waals surface area contributed by atoms with E-state index in [-0.39, 0.29) is 16.9 Å². The third-order valence-corrected chi connectivity index (χ3v) is 7.11. The number of aromatic nitrogens is 2. The molecule has 5 heteroatoms. The van der Waals surface area contributed by atoms with Gasteiger partial charge in [-0.05, 0) is 74.8 Å². The molecule has 2 aromatic carbocycles. The molecule has 0 unspecified atom stereocenters. The van der Waals surface area contributed by atoms with Crippen LogP contribution >= 0.6 is 11.6 Å². The lowest BCUT2D eigenvalue weighted by Crippen LogP contribution is -2.24. The van der Waals surface area contributed by atoms with Gasteiger partial charge in [-0.3, -0.25) is 9.36 Å². The molecule has 1 aromatic heterocycles. The van der Waals surface area contributed by atoms with Crippen LogP contribution in [0.25, 0.3) is 16.6 Å². The largest absolute Gasteiger partial charge is 0.303 e. The fourth-order valence-electron chi connectivity index (χ4n) is 5.12. The summed E-state index contributed by atoms with van der Waals surface area (Å²) in [6.07, 6.45) is 5.09. The Morgan fingerprint density at radius 1 is 1.14 bits per heavy atom. The molecule has 2 heterocycles. The fraction of sp³-hybridized carbons (Fsp3) is 0.375. The molecule has 0 N–H and O–H groups in total. The van der Waals surface area contributed by atoms with E-state index in [2.05, 4.69) is 41.6 Å². The number of carbonyl (C=O) groups is 1. The Morgan fingerprint density at radius 3 is 2.62 bits per heavy atom. The normalized spacial score (nSPS) is 22.3. The monoisotopic (exact) mass is 406 g/mol. The van der Waals surface area contributed by atoms with E-state index in [0.29, 0.717) is 16.3 Å². The zero-order valence-corrected chi connectivity index (χ0v) is 17.4. The maximum atomic E-state index is 12.7. The van der Waals surface area contributed by atoms with Crippen LogP contribution in [-0.4, -0.2) is 15.8 Å². The summed E-state index contributed by atoms with van der Waals surface area (Å²) in [5.74, 6) is 1.43. The number of aldehydes is 1. The molecule has 2 aliphatic rings. The molecular formula is C24H23ClN2O2. The van der Waals surface area contributed by atoms with Crippen LogP contribution in [-0.2, 0) is 10.2 Å². The van der Waals surface area contributed by atoms with E-state index < -0.39 is 0 Å². The van der Waals surface area contributed by atoms with Gasteiger partial charge in [0.1, 0.15) is 12.1 Å². The van der Waals surface area contributed by atoms with Crippen LogP contribution in [0.4, 0.5) is 0 Å². The number of hydrogen-bond donors (Lipinski definition) is 0. The first-order valence-electron chi connectivity index (χ1n) is 10.2. The Kier molecular flexibility index (Phi) is 4.18. The summed E-state index contributed by atoms with van der Waals surface area (Å²) in [4.78, 5) is 28.3. The Morgan fingerprint density at radius 2 is 1.90 bits per heavy atom. The highest BCUT2D eigenvalue weighted by atomic mass is 35.5. The van der Waals surface area contributed by atoms with E-state index in [4.69, 9.17) is 11.6 Å². The molecule has 3 aromatic rings. The Labute approximate surface area is 174 Å². The second-order valence-corrected chi connectivity index (χ2v) is 9.27. The van der Waals surface area contributed by atoms with Crippen molar-refractivity contribution in [2.75, 3.05) is 0 Å². The molecule has 1 aliphatic carbocycles. The number of fused-ring (bicyclic) bond motifs is 5. The molecule has 0 amide bonds. The third-order valence-electron chi connectivity index (χ3n) is 6.80. The van der Waals surface area contributed by atoms with Crippen molar-refractivity contribution < 1.29 is 4.79 Å². The quantitative estimate of drug-likeness (QED) is 0.553. The Balaban J connectivity index is 1.71. The van der Waals surface area contributed by atoms with Crippen molar-refractivity contribution >= 4 is 28.8 Å². The summed E-state index contributed by atoms with van der Waals surface area (Å²) in [6, 6.07) is 12.2. The molecule has 1 aliphatic heterocycles. The maximum Gasteiger partial charge on any atom is 0.282 e. The zero-order valence-electron chi connectivity index (χ0n) is 16.6. The van der Waals surface area contributed by atoms with Gasteiger partial charge in [0.15, 0.2) is 0 Å². The summed E-state index contributed by atoms with van der Waals surface area (Å²) in [5.41, 5.74) is 3.72. The molecule has 0 radical (unpaired) electrons. The van der Waals surface area contributed by atoms with E-state index >= 15 is 0 Å². The van der Waals surface area contributed by atoms with Gasteiger partial charge in [0, 0.05) is 5.92 Å². The minimum absolute atomic E-state index is 0.209. The molecule has 29 heavy (non-hydrogen) atoms. The predicted molar refractivity (Wildman–Crippen MR) is 115 cm³/mol. The standard InChI is InChI=1S/C24H23ClN2O2/c1-24(2)17-11-10-16(15-8-6-14(13-28)7-9-15)12-20(17)27-19-5-3-4-18(25)21(19)22(29)26-23(24)27/h3-5,10-15H,6-9H2,1-2H3. The first-order chi connectivity index (χ1) is 13.9. The summed E-state index contributed by atoms with van der Waals surface area (Å²) >= 11 is 6.36. The van der Waals surface area contributed by atoms with Gasteiger partial charge >= 0.3 is 0 Å². The van der Waals surface area contributed by atoms with Crippen LogP contribution in [0.5, 0.6) is 0 Å². The van der Waals surface area contributed by atoms with E-state index in [9.17, 15) is 9.59 Å². The van der Waals surface area contributed by atoms with Crippen molar-refractivity contribution in [3.63, 3.8) is 0 Å². The second-order valence-electron chi connectivity index (χ2n) is 8.86. The van der Waals surface area contributed by atoms with E-state index in [1.54, 1.807) is 6.07 Å². The van der Waals surface area contributed by atoms with Crippen LogP contribution in [0.1, 0.15) is 62.4 Å². The average molecular weight is 407 g/mol. The van der Waals surface area contributed by atoms with Crippen LogP contribution in [0, 0.1) is 5.92 Å². The summed E-state index contributed by atoms with van der Waals surface area (Å²) < 4.78 is 2.11. The molecule has 0 bridgehead atoms. The van der Waals surface area contributed by atoms with Gasteiger partial charge in [-0.2, -0.15) is 4.98 Å². The topological polar surface area (TPSA) is 52.0 Å². The summed E-state index contributed by atoms with van der Waals surface area (Å²) in [7, 11) is 0. The van der Waals surface area contributed by atoms with Crippen molar-refractivity contribution in [1.82, 2.24) is 9.55 Å². The van der Waals surface area contributed by atoms with Gasteiger partial charge in [-0.15, -0.1) is 0 Å². The predicted octanol–water partition coefficient (Wildman–Crippen LogP) is 5.15. The van der Waals surface area contributed by atoms with Gasteiger partial charge < -0.3 is 4.79 Å². The average Bonchev–Trinajstić information content (AvgIpc) is 2.95. The summed E-state index contributed by atoms with van der Waals surface area (Å²) in [5, 5.41) is 0.906. The third kappa shape index (κ3) is 2.69. The first-order valence-corrected chi connectivity index (χ1v) is 10.6. The highest BCUT2D eigenvalue weighted by Crippen LogP contribution is 2.45. The number of carbonyl (C=O) groups excluding carboxylic acids is 1. The van der Waals surface area contributed by atoms with Crippen molar-refractivity contribution in [2.45, 2.75) is 50.9 Å². The van der Waals surface area contributed by atoms with Crippen LogP contribution < -0.4 is 5.56 Å². The van der Waals surface area contributed by atoms with Crippen molar-refractivity contribution in [2.24, 2.45) is 5.92 Å². The van der Waals surface area contributed by atoms with Crippen LogP contribution in [0.2, 0.25) is 5.02 Å². The Bertz CT molecular complexity index is 1200. The van der Waals surface area contributed by atoms with E-state index in [1.165, 1.54) is 11.1 Å². The molecule has 4 nitrogen and oxygen atoms in total. The van der Waals surface area contributed by atoms with Gasteiger partial charge in [-0.1, -0.05) is 29.8 Å². The zero-order chi connectivity index (χ0) is 20.3. The van der Waals surface area contributed by atoms with Gasteiger partial charge in [0.2, 0.25) is 0 Å². The van der Waals surface area contributed by atoms with E-state index in [0.717, 1.165) is 49.0 Å². The SMILES string of the molecule is CC1(C)c2ccc(C3CCC(C=O)CC3)cc2-n2c1nc(=O)c1c(Cl)cccc12. The molecule has 5 rings (SSSR count). The van der Waals surface area contributed by atoms with Crippen molar-refractivity contribution in [3.05, 3.63) is 68.7 Å². The fourth-order valence-corrected chi connectivity index (χ4v) is 5.37. The first kappa shape index (κ1) is 18.6. The van der Waals surface area contributed by atoms with Crippen molar-refractivity contribution in [3.8, 4) is 5.69 Å². The second kappa shape index (κ2) is 6.53. The molecule has 1 saturated carbocycles. The highest BCUT2D eigenvalue weighted by Gasteiger charge is 2.39. The lowest BCUT2D eigenvalue weighted by molar-refractivity contribution is -0.111. The minimum atomic E-state index is -0.362. The lowest BCUT2D eigenvalue weighted by Gasteiger charge is -2.26. The Hall–Kier alpha value is -2.46. The smallest absolute Gasteiger partial charge is 0.282 e. The number of benzene rings is 2. The molecular weight excluding hydrogens is 384 g/mol. The molecule has 1 fully saturated rings.